The summed E-state index contributed by atoms with van der Waals surface area (Å²) in [5.74, 6) is 0.620. The molecule has 6 heteroatoms. The molecule has 25 heavy (non-hydrogen) atoms. The Bertz CT molecular complexity index is 998. The van der Waals surface area contributed by atoms with Gasteiger partial charge < -0.3 is 14.3 Å². The fraction of sp³-hybridized carbons (Fsp3) is 0.263. The van der Waals surface area contributed by atoms with Gasteiger partial charge in [0.15, 0.2) is 0 Å². The van der Waals surface area contributed by atoms with E-state index in [1.807, 2.05) is 18.6 Å². The third-order valence-corrected chi connectivity index (χ3v) is 5.01. The summed E-state index contributed by atoms with van der Waals surface area (Å²) in [5, 5.41) is 12.2. The normalized spacial score (nSPS) is 16.9. The lowest BCUT2D eigenvalue weighted by molar-refractivity contribution is 0.386. The molecule has 1 unspecified atom stereocenters. The Kier molecular flexibility index (Phi) is 3.33. The molecule has 0 fully saturated rings. The number of anilines is 1. The molecular weight excluding hydrogens is 314 g/mol. The van der Waals surface area contributed by atoms with Crippen LogP contribution < -0.4 is 5.32 Å². The minimum Gasteiger partial charge on any atom is -0.472 e. The molecule has 0 amide bonds. The molecule has 1 aromatic carbocycles. The molecule has 4 heterocycles. The molecule has 5 rings (SSSR count). The predicted molar refractivity (Wildman–Crippen MR) is 96.3 cm³/mol. The van der Waals surface area contributed by atoms with Crippen molar-refractivity contribution in [2.75, 3.05) is 11.9 Å². The summed E-state index contributed by atoms with van der Waals surface area (Å²) < 4.78 is 7.46. The first-order chi connectivity index (χ1) is 12.4. The molecule has 1 aliphatic rings. The Morgan fingerprint density at radius 2 is 2.32 bits per heavy atom. The van der Waals surface area contributed by atoms with Crippen LogP contribution in [0, 0.1) is 5.92 Å². The van der Waals surface area contributed by atoms with E-state index in [2.05, 4.69) is 43.3 Å². The lowest BCUT2D eigenvalue weighted by Crippen LogP contribution is -2.25. The van der Waals surface area contributed by atoms with Gasteiger partial charge in [-0.1, -0.05) is 0 Å². The second-order valence-corrected chi connectivity index (χ2v) is 6.67. The first kappa shape index (κ1) is 14.3. The van der Waals surface area contributed by atoms with Gasteiger partial charge in [-0.3, -0.25) is 5.10 Å². The standard InChI is InChI=1S/C19H19N5O/c1-3-16-9-20-12-24(16)10-13(1)8-21-15-2-4-18-17(7-15)19(23-22-18)14-5-6-25-11-14/h2,4-7,9,11-13,21H,1,3,8,10H2,(H,22,23). The Balaban J connectivity index is 1.34. The minimum absolute atomic E-state index is 0.620. The maximum absolute atomic E-state index is 5.19. The van der Waals surface area contributed by atoms with Crippen LogP contribution in [0.2, 0.25) is 0 Å². The van der Waals surface area contributed by atoms with E-state index in [-0.39, 0.29) is 0 Å². The van der Waals surface area contributed by atoms with Gasteiger partial charge in [0.25, 0.3) is 0 Å². The molecule has 1 aliphatic heterocycles. The summed E-state index contributed by atoms with van der Waals surface area (Å²) in [7, 11) is 0. The highest BCUT2D eigenvalue weighted by atomic mass is 16.3. The van der Waals surface area contributed by atoms with Gasteiger partial charge in [0.05, 0.1) is 24.4 Å². The van der Waals surface area contributed by atoms with Crippen LogP contribution in [-0.4, -0.2) is 26.3 Å². The van der Waals surface area contributed by atoms with E-state index in [4.69, 9.17) is 4.42 Å². The molecule has 2 N–H and O–H groups in total. The average Bonchev–Trinajstić information content (AvgIpc) is 3.38. The average molecular weight is 333 g/mol. The molecule has 0 radical (unpaired) electrons. The molecule has 4 aromatic rings. The number of hydrogen-bond acceptors (Lipinski definition) is 4. The van der Waals surface area contributed by atoms with Gasteiger partial charge >= 0.3 is 0 Å². The van der Waals surface area contributed by atoms with Crippen molar-refractivity contribution in [3.8, 4) is 11.3 Å². The molecule has 1 atom stereocenters. The maximum Gasteiger partial charge on any atom is 0.103 e. The number of nitrogens with one attached hydrogen (secondary N) is 2. The molecule has 3 aromatic heterocycles. The van der Waals surface area contributed by atoms with Crippen LogP contribution in [0.15, 0.2) is 53.7 Å². The number of hydrogen-bond donors (Lipinski definition) is 2. The van der Waals surface area contributed by atoms with Gasteiger partial charge in [-0.05, 0) is 43.0 Å². The Labute approximate surface area is 144 Å². The number of H-pyrrole nitrogens is 1. The van der Waals surface area contributed by atoms with Gasteiger partial charge in [0, 0.05) is 41.6 Å². The third-order valence-electron chi connectivity index (χ3n) is 5.01. The van der Waals surface area contributed by atoms with E-state index in [9.17, 15) is 0 Å². The van der Waals surface area contributed by atoms with Crippen molar-refractivity contribution < 1.29 is 4.42 Å². The number of aryl methyl sites for hydroxylation is 1. The van der Waals surface area contributed by atoms with E-state index in [1.165, 1.54) is 12.1 Å². The molecule has 126 valence electrons. The third kappa shape index (κ3) is 2.59. The van der Waals surface area contributed by atoms with Gasteiger partial charge in [-0.15, -0.1) is 0 Å². The van der Waals surface area contributed by atoms with Crippen molar-refractivity contribution in [2.24, 2.45) is 5.92 Å². The number of imidazole rings is 1. The van der Waals surface area contributed by atoms with Crippen LogP contribution in [0.4, 0.5) is 5.69 Å². The highest BCUT2D eigenvalue weighted by Gasteiger charge is 2.18. The number of furan rings is 1. The van der Waals surface area contributed by atoms with Gasteiger partial charge in [-0.25, -0.2) is 4.98 Å². The van der Waals surface area contributed by atoms with Crippen molar-refractivity contribution in [3.05, 3.63) is 55.0 Å². The van der Waals surface area contributed by atoms with Crippen LogP contribution in [-0.2, 0) is 13.0 Å². The summed E-state index contributed by atoms with van der Waals surface area (Å²) in [5.41, 5.74) is 5.41. The Morgan fingerprint density at radius 3 is 3.24 bits per heavy atom. The molecule has 0 aliphatic carbocycles. The molecular formula is C19H19N5O. The lowest BCUT2D eigenvalue weighted by atomic mass is 9.98. The van der Waals surface area contributed by atoms with Gasteiger partial charge in [-0.2, -0.15) is 5.10 Å². The van der Waals surface area contributed by atoms with Crippen LogP contribution in [0.5, 0.6) is 0 Å². The first-order valence-electron chi connectivity index (χ1n) is 8.60. The largest absolute Gasteiger partial charge is 0.472 e. The van der Waals surface area contributed by atoms with Crippen molar-refractivity contribution in [3.63, 3.8) is 0 Å². The van der Waals surface area contributed by atoms with E-state index >= 15 is 0 Å². The topological polar surface area (TPSA) is 71.7 Å². The van der Waals surface area contributed by atoms with Crippen LogP contribution >= 0.6 is 0 Å². The summed E-state index contributed by atoms with van der Waals surface area (Å²) in [6, 6.07) is 8.27. The molecule has 0 bridgehead atoms. The first-order valence-corrected chi connectivity index (χ1v) is 8.60. The molecule has 0 saturated carbocycles. The van der Waals surface area contributed by atoms with E-state index < -0.39 is 0 Å². The zero-order valence-corrected chi connectivity index (χ0v) is 13.8. The van der Waals surface area contributed by atoms with Crippen LogP contribution in [0.25, 0.3) is 22.2 Å². The zero-order chi connectivity index (χ0) is 16.6. The Hall–Kier alpha value is -3.02. The molecule has 6 nitrogen and oxygen atoms in total. The fourth-order valence-electron chi connectivity index (χ4n) is 3.61. The molecule has 0 saturated heterocycles. The summed E-state index contributed by atoms with van der Waals surface area (Å²) in [6.07, 6.45) is 9.63. The number of fused-ring (bicyclic) bond motifs is 2. The van der Waals surface area contributed by atoms with Crippen molar-refractivity contribution in [1.82, 2.24) is 19.7 Å². The number of nitrogens with zero attached hydrogens (tertiary/aromatic N) is 3. The van der Waals surface area contributed by atoms with E-state index in [1.54, 1.807) is 12.5 Å². The number of benzene rings is 1. The van der Waals surface area contributed by atoms with Crippen LogP contribution in [0.3, 0.4) is 0 Å². The van der Waals surface area contributed by atoms with Gasteiger partial charge in [0.2, 0.25) is 0 Å². The van der Waals surface area contributed by atoms with Gasteiger partial charge in [0.1, 0.15) is 5.69 Å². The Morgan fingerprint density at radius 1 is 1.32 bits per heavy atom. The van der Waals surface area contributed by atoms with Crippen LogP contribution in [0.1, 0.15) is 12.1 Å². The smallest absolute Gasteiger partial charge is 0.103 e. The van der Waals surface area contributed by atoms with Crippen molar-refractivity contribution in [2.45, 2.75) is 19.4 Å². The van der Waals surface area contributed by atoms with Crippen molar-refractivity contribution in [1.29, 1.82) is 0 Å². The highest BCUT2D eigenvalue weighted by Crippen LogP contribution is 2.29. The van der Waals surface area contributed by atoms with Crippen molar-refractivity contribution >= 4 is 16.6 Å². The van der Waals surface area contributed by atoms with E-state index in [0.29, 0.717) is 5.92 Å². The monoisotopic (exact) mass is 333 g/mol. The number of aromatic nitrogens is 4. The lowest BCUT2D eigenvalue weighted by Gasteiger charge is -2.24. The maximum atomic E-state index is 5.19. The molecule has 0 spiro atoms. The fourth-order valence-corrected chi connectivity index (χ4v) is 3.61. The summed E-state index contributed by atoms with van der Waals surface area (Å²) >= 11 is 0. The second kappa shape index (κ2) is 5.81. The SMILES string of the molecule is c1cc(-c2n[nH]c3ccc(NCC4CCc5cncn5C4)cc23)co1. The quantitative estimate of drug-likeness (QED) is 0.597. The number of rotatable bonds is 4. The minimum atomic E-state index is 0.620. The zero-order valence-electron chi connectivity index (χ0n) is 13.8. The number of aromatic amines is 1. The second-order valence-electron chi connectivity index (χ2n) is 6.67. The predicted octanol–water partition coefficient (Wildman–Crippen LogP) is 3.69. The van der Waals surface area contributed by atoms with E-state index in [0.717, 1.165) is 47.4 Å². The summed E-state index contributed by atoms with van der Waals surface area (Å²) in [6.45, 7) is 2.00. The summed E-state index contributed by atoms with van der Waals surface area (Å²) in [4.78, 5) is 4.24. The highest BCUT2D eigenvalue weighted by molar-refractivity contribution is 5.94.